The summed E-state index contributed by atoms with van der Waals surface area (Å²) in [6.07, 6.45) is -0.515. The van der Waals surface area contributed by atoms with Gasteiger partial charge in [0.25, 0.3) is 5.95 Å². The molecule has 0 fully saturated rings. The molecule has 138 valence electrons. The molecule has 3 aromatic rings. The van der Waals surface area contributed by atoms with Gasteiger partial charge in [-0.15, -0.1) is 10.2 Å². The average Bonchev–Trinajstić information content (AvgIpc) is 3.19. The van der Waals surface area contributed by atoms with Crippen LogP contribution in [0.5, 0.6) is 0 Å². The largest absolute Gasteiger partial charge is 0.443 e. The van der Waals surface area contributed by atoms with Gasteiger partial charge in [-0.2, -0.15) is 14.0 Å². The molecule has 0 spiro atoms. The summed E-state index contributed by atoms with van der Waals surface area (Å²) in [7, 11) is 1.59. The Hall–Kier alpha value is -2.55. The third kappa shape index (κ3) is 3.67. The van der Waals surface area contributed by atoms with E-state index in [2.05, 4.69) is 33.5 Å². The molecular formula is C17H22N6O2S. The van der Waals surface area contributed by atoms with Crippen molar-refractivity contribution in [2.24, 2.45) is 0 Å². The second-order valence-electron chi connectivity index (χ2n) is 7.30. The summed E-state index contributed by atoms with van der Waals surface area (Å²) in [5.41, 5.74) is 1.73. The van der Waals surface area contributed by atoms with Gasteiger partial charge in [-0.3, -0.25) is 0 Å². The van der Waals surface area contributed by atoms with E-state index in [1.807, 2.05) is 39.0 Å². The summed E-state index contributed by atoms with van der Waals surface area (Å²) < 4.78 is 11.4. The Kier molecular flexibility index (Phi) is 4.66. The Morgan fingerprint density at radius 3 is 2.62 bits per heavy atom. The molecule has 9 heteroatoms. The molecular weight excluding hydrogens is 352 g/mol. The number of carbonyl (C=O) groups is 1. The van der Waals surface area contributed by atoms with Crippen molar-refractivity contribution in [3.63, 3.8) is 0 Å². The van der Waals surface area contributed by atoms with Gasteiger partial charge in [0.15, 0.2) is 5.65 Å². The summed E-state index contributed by atoms with van der Waals surface area (Å²) in [6, 6.07) is 5.72. The summed E-state index contributed by atoms with van der Waals surface area (Å²) in [4.78, 5) is 14.6. The van der Waals surface area contributed by atoms with E-state index >= 15 is 0 Å². The molecule has 0 saturated carbocycles. The van der Waals surface area contributed by atoms with Gasteiger partial charge in [0.1, 0.15) is 11.3 Å². The molecule has 0 bridgehead atoms. The summed E-state index contributed by atoms with van der Waals surface area (Å²) >= 11 is 1.40. The molecule has 26 heavy (non-hydrogen) atoms. The van der Waals surface area contributed by atoms with Crippen LogP contribution >= 0.6 is 11.5 Å². The second kappa shape index (κ2) is 6.64. The zero-order valence-corrected chi connectivity index (χ0v) is 16.5. The van der Waals surface area contributed by atoms with E-state index < -0.39 is 11.7 Å². The zero-order chi connectivity index (χ0) is 19.1. The number of ether oxygens (including phenoxy) is 1. The lowest BCUT2D eigenvalue weighted by atomic mass is 10.1. The first kappa shape index (κ1) is 18.2. The number of rotatable bonds is 3. The van der Waals surface area contributed by atoms with Crippen LogP contribution in [-0.2, 0) is 4.74 Å². The lowest BCUT2D eigenvalue weighted by molar-refractivity contribution is 0.0586. The minimum Gasteiger partial charge on any atom is -0.443 e. The molecule has 3 heterocycles. The Morgan fingerprint density at radius 1 is 1.27 bits per heavy atom. The molecule has 3 rings (SSSR count). The van der Waals surface area contributed by atoms with E-state index in [1.54, 1.807) is 7.05 Å². The summed E-state index contributed by atoms with van der Waals surface area (Å²) in [5, 5.41) is 12.7. The highest BCUT2D eigenvalue weighted by Gasteiger charge is 2.24. The predicted octanol–water partition coefficient (Wildman–Crippen LogP) is 3.74. The van der Waals surface area contributed by atoms with Crippen LogP contribution in [0.1, 0.15) is 46.2 Å². The molecule has 3 aromatic heterocycles. The van der Waals surface area contributed by atoms with Crippen LogP contribution in [-0.4, -0.2) is 42.9 Å². The fourth-order valence-electron chi connectivity index (χ4n) is 2.21. The van der Waals surface area contributed by atoms with Crippen LogP contribution in [0.15, 0.2) is 18.2 Å². The molecule has 0 unspecified atom stereocenters. The maximum Gasteiger partial charge on any atom is 0.416 e. The topological polar surface area (TPSA) is 85.5 Å². The smallest absolute Gasteiger partial charge is 0.416 e. The number of amides is 1. The predicted molar refractivity (Wildman–Crippen MR) is 101 cm³/mol. The summed E-state index contributed by atoms with van der Waals surface area (Å²) in [5.74, 6) is 0.650. The highest BCUT2D eigenvalue weighted by molar-refractivity contribution is 7.09. The zero-order valence-electron chi connectivity index (χ0n) is 15.7. The number of aromatic nitrogens is 5. The average molecular weight is 374 g/mol. The van der Waals surface area contributed by atoms with Crippen LogP contribution in [0, 0.1) is 0 Å². The highest BCUT2D eigenvalue weighted by atomic mass is 32.1. The maximum absolute atomic E-state index is 12.3. The van der Waals surface area contributed by atoms with Crippen molar-refractivity contribution in [2.75, 3.05) is 11.9 Å². The third-order valence-corrected chi connectivity index (χ3v) is 4.41. The molecule has 8 nitrogen and oxygen atoms in total. The van der Waals surface area contributed by atoms with Gasteiger partial charge in [-0.05, 0) is 56.4 Å². The van der Waals surface area contributed by atoms with Gasteiger partial charge in [0, 0.05) is 7.05 Å². The highest BCUT2D eigenvalue weighted by Crippen LogP contribution is 2.27. The van der Waals surface area contributed by atoms with E-state index in [0.29, 0.717) is 17.5 Å². The van der Waals surface area contributed by atoms with Crippen molar-refractivity contribution in [3.8, 4) is 10.6 Å². The molecule has 0 saturated heterocycles. The van der Waals surface area contributed by atoms with E-state index in [1.165, 1.54) is 20.9 Å². The molecule has 0 atom stereocenters. The van der Waals surface area contributed by atoms with Crippen molar-refractivity contribution in [2.45, 2.75) is 46.1 Å². The second-order valence-corrected chi connectivity index (χ2v) is 8.10. The molecule has 0 aliphatic heterocycles. The quantitative estimate of drug-likeness (QED) is 0.694. The van der Waals surface area contributed by atoms with Crippen LogP contribution in [0.4, 0.5) is 10.7 Å². The van der Waals surface area contributed by atoms with Crippen LogP contribution < -0.4 is 4.90 Å². The van der Waals surface area contributed by atoms with Gasteiger partial charge < -0.3 is 4.74 Å². The molecule has 0 aliphatic carbocycles. The lowest BCUT2D eigenvalue weighted by Gasteiger charge is -2.23. The minimum absolute atomic E-state index is 0.296. The van der Waals surface area contributed by atoms with Crippen LogP contribution in [0.2, 0.25) is 0 Å². The number of anilines is 1. The normalized spacial score (nSPS) is 12.0. The number of nitrogens with zero attached hydrogens (tertiary/aromatic N) is 6. The fourth-order valence-corrected chi connectivity index (χ4v) is 3.05. The Bertz CT molecular complexity index is 940. The molecule has 1 amide bonds. The Balaban J connectivity index is 1.96. The summed E-state index contributed by atoms with van der Waals surface area (Å²) in [6.45, 7) is 9.64. The first-order valence-corrected chi connectivity index (χ1v) is 9.09. The SMILES string of the molecule is CC(C)c1cc(-c2ccc3nnc(N(C)C(=O)OC(C)(C)C)n3n2)sn1. The van der Waals surface area contributed by atoms with Crippen molar-refractivity contribution >= 4 is 29.2 Å². The van der Waals surface area contributed by atoms with E-state index in [-0.39, 0.29) is 0 Å². The van der Waals surface area contributed by atoms with Gasteiger partial charge in [-0.25, -0.2) is 9.69 Å². The van der Waals surface area contributed by atoms with Gasteiger partial charge in [0.05, 0.1) is 10.6 Å². The number of carbonyl (C=O) groups excluding carboxylic acids is 1. The van der Waals surface area contributed by atoms with E-state index in [9.17, 15) is 4.79 Å². The number of hydrogen-bond donors (Lipinski definition) is 0. The van der Waals surface area contributed by atoms with Crippen LogP contribution in [0.3, 0.4) is 0 Å². The molecule has 0 aliphatic rings. The lowest BCUT2D eigenvalue weighted by Crippen LogP contribution is -2.35. The minimum atomic E-state index is -0.597. The van der Waals surface area contributed by atoms with Gasteiger partial charge in [0.2, 0.25) is 0 Å². The molecule has 0 N–H and O–H groups in total. The first-order chi connectivity index (χ1) is 12.2. The van der Waals surface area contributed by atoms with Gasteiger partial charge >= 0.3 is 6.09 Å². The molecule has 0 radical (unpaired) electrons. The van der Waals surface area contributed by atoms with E-state index in [4.69, 9.17) is 4.74 Å². The maximum atomic E-state index is 12.3. The van der Waals surface area contributed by atoms with Crippen molar-refractivity contribution in [1.82, 2.24) is 24.2 Å². The molecule has 0 aromatic carbocycles. The number of hydrogen-bond acceptors (Lipinski definition) is 7. The van der Waals surface area contributed by atoms with Crippen molar-refractivity contribution in [3.05, 3.63) is 23.9 Å². The standard InChI is InChI=1S/C17H22N6O2S/c1-10(2)12-9-13(26-21-12)11-7-8-14-18-19-15(23(14)20-11)22(6)16(24)25-17(3,4)5/h7-10H,1-6H3. The van der Waals surface area contributed by atoms with Crippen molar-refractivity contribution < 1.29 is 9.53 Å². The van der Waals surface area contributed by atoms with E-state index in [0.717, 1.165) is 16.3 Å². The van der Waals surface area contributed by atoms with Crippen molar-refractivity contribution in [1.29, 1.82) is 0 Å². The monoisotopic (exact) mass is 374 g/mol. The van der Waals surface area contributed by atoms with Gasteiger partial charge in [-0.1, -0.05) is 13.8 Å². The first-order valence-electron chi connectivity index (χ1n) is 8.32. The fraction of sp³-hybridized carbons (Fsp3) is 0.471. The van der Waals surface area contributed by atoms with Crippen LogP contribution in [0.25, 0.3) is 16.2 Å². The number of fused-ring (bicyclic) bond motifs is 1. The third-order valence-electron chi connectivity index (χ3n) is 3.59. The Labute approximate surface area is 156 Å². The Morgan fingerprint density at radius 2 is 2.00 bits per heavy atom.